The molecule has 4 nitrogen and oxygen atoms in total. The van der Waals surface area contributed by atoms with Crippen molar-refractivity contribution in [2.45, 2.75) is 0 Å². The standard InChI is InChI=1S/C48H29NO3/c1-2-10-31(11-3-1)35-14-8-15-40-41-16-9-17-42(48(41)52-47(35)40)49(34-25-27-39-37-13-5-7-19-44(37)51-46(39)29-34)33-23-20-30(21-24-33)32-22-26-38-36-12-4-6-18-43(36)50-45(38)28-32/h1-29H. The van der Waals surface area contributed by atoms with E-state index >= 15 is 0 Å². The Kier molecular flexibility index (Phi) is 6.22. The van der Waals surface area contributed by atoms with E-state index in [1.165, 1.54) is 0 Å². The fourth-order valence-corrected chi connectivity index (χ4v) is 7.82. The van der Waals surface area contributed by atoms with Crippen LogP contribution in [0, 0.1) is 0 Å². The summed E-state index contributed by atoms with van der Waals surface area (Å²) in [6.45, 7) is 0. The molecule has 0 radical (unpaired) electrons. The van der Waals surface area contributed by atoms with E-state index in [1.807, 2.05) is 30.3 Å². The number of anilines is 3. The summed E-state index contributed by atoms with van der Waals surface area (Å²) < 4.78 is 19.5. The third-order valence-corrected chi connectivity index (χ3v) is 10.3. The fraction of sp³-hybridized carbons (Fsp3) is 0. The van der Waals surface area contributed by atoms with E-state index in [9.17, 15) is 0 Å². The lowest BCUT2D eigenvalue weighted by atomic mass is 10.0. The van der Waals surface area contributed by atoms with Gasteiger partial charge in [-0.3, -0.25) is 0 Å². The molecule has 4 heteroatoms. The largest absolute Gasteiger partial charge is 0.456 e. The molecule has 0 amide bonds. The van der Waals surface area contributed by atoms with Gasteiger partial charge in [0.25, 0.3) is 0 Å². The van der Waals surface area contributed by atoms with Crippen LogP contribution in [0.4, 0.5) is 17.1 Å². The number of hydrogen-bond acceptors (Lipinski definition) is 4. The van der Waals surface area contributed by atoms with Crippen LogP contribution >= 0.6 is 0 Å². The van der Waals surface area contributed by atoms with Crippen molar-refractivity contribution in [3.8, 4) is 22.3 Å². The Bertz CT molecular complexity index is 3130. The summed E-state index contributed by atoms with van der Waals surface area (Å²) >= 11 is 0. The predicted molar refractivity (Wildman–Crippen MR) is 214 cm³/mol. The lowest BCUT2D eigenvalue weighted by molar-refractivity contribution is 0.668. The lowest BCUT2D eigenvalue weighted by Crippen LogP contribution is -2.10. The molecule has 3 heterocycles. The van der Waals surface area contributed by atoms with Crippen molar-refractivity contribution in [2.24, 2.45) is 0 Å². The molecule has 11 aromatic rings. The molecule has 0 N–H and O–H groups in total. The molecule has 0 spiro atoms. The Labute approximate surface area is 298 Å². The van der Waals surface area contributed by atoms with Gasteiger partial charge < -0.3 is 18.2 Å². The lowest BCUT2D eigenvalue weighted by Gasteiger charge is -2.25. The van der Waals surface area contributed by atoms with Gasteiger partial charge in [0.15, 0.2) is 5.58 Å². The Morgan fingerprint density at radius 3 is 1.62 bits per heavy atom. The van der Waals surface area contributed by atoms with Crippen molar-refractivity contribution in [3.05, 3.63) is 176 Å². The van der Waals surface area contributed by atoms with Crippen LogP contribution in [0.1, 0.15) is 0 Å². The maximum absolute atomic E-state index is 6.91. The summed E-state index contributed by atoms with van der Waals surface area (Å²) in [5.41, 5.74) is 12.5. The van der Waals surface area contributed by atoms with Crippen LogP contribution < -0.4 is 4.90 Å². The number of hydrogen-bond donors (Lipinski definition) is 0. The smallest absolute Gasteiger partial charge is 0.159 e. The van der Waals surface area contributed by atoms with Crippen LogP contribution in [0.5, 0.6) is 0 Å². The number of fused-ring (bicyclic) bond motifs is 9. The highest BCUT2D eigenvalue weighted by Crippen LogP contribution is 2.45. The fourth-order valence-electron chi connectivity index (χ4n) is 7.82. The molecular formula is C48H29NO3. The van der Waals surface area contributed by atoms with E-state index in [-0.39, 0.29) is 0 Å². The highest BCUT2D eigenvalue weighted by molar-refractivity contribution is 6.14. The van der Waals surface area contributed by atoms with Crippen molar-refractivity contribution in [1.29, 1.82) is 0 Å². The third kappa shape index (κ3) is 4.41. The quantitative estimate of drug-likeness (QED) is 0.183. The summed E-state index contributed by atoms with van der Waals surface area (Å²) in [4.78, 5) is 2.27. The highest BCUT2D eigenvalue weighted by atomic mass is 16.3. The van der Waals surface area contributed by atoms with Gasteiger partial charge in [-0.1, -0.05) is 115 Å². The molecule has 3 aromatic heterocycles. The van der Waals surface area contributed by atoms with E-state index < -0.39 is 0 Å². The molecule has 0 aliphatic heterocycles. The molecule has 244 valence electrons. The monoisotopic (exact) mass is 667 g/mol. The second kappa shape index (κ2) is 11.2. The van der Waals surface area contributed by atoms with Gasteiger partial charge >= 0.3 is 0 Å². The number of para-hydroxylation sites is 4. The first kappa shape index (κ1) is 28.8. The molecule has 0 aliphatic carbocycles. The van der Waals surface area contributed by atoms with Gasteiger partial charge in [-0.05, 0) is 71.3 Å². The predicted octanol–water partition coefficient (Wildman–Crippen LogP) is 14.2. The van der Waals surface area contributed by atoms with E-state index in [2.05, 4.69) is 150 Å². The van der Waals surface area contributed by atoms with Gasteiger partial charge in [0, 0.05) is 49.6 Å². The highest BCUT2D eigenvalue weighted by Gasteiger charge is 2.22. The van der Waals surface area contributed by atoms with Crippen LogP contribution in [-0.4, -0.2) is 0 Å². The average Bonchev–Trinajstić information content (AvgIpc) is 3.90. The summed E-state index contributed by atoms with van der Waals surface area (Å²) in [5, 5.41) is 6.60. The number of rotatable bonds is 5. The summed E-state index contributed by atoms with van der Waals surface area (Å²) in [6, 6.07) is 61.3. The van der Waals surface area contributed by atoms with Crippen LogP contribution in [-0.2, 0) is 0 Å². The van der Waals surface area contributed by atoms with Crippen LogP contribution in [0.3, 0.4) is 0 Å². The SMILES string of the molecule is c1ccc(-c2cccc3c2oc2c(N(c4ccc(-c5ccc6c(c5)oc5ccccc56)cc4)c4ccc5c(c4)oc4ccccc45)cccc23)cc1. The minimum absolute atomic E-state index is 0.824. The zero-order valence-electron chi connectivity index (χ0n) is 27.9. The van der Waals surface area contributed by atoms with Crippen molar-refractivity contribution >= 4 is 82.9 Å². The summed E-state index contributed by atoms with van der Waals surface area (Å²) in [7, 11) is 0. The zero-order chi connectivity index (χ0) is 34.2. The van der Waals surface area contributed by atoms with Crippen LogP contribution in [0.15, 0.2) is 189 Å². The van der Waals surface area contributed by atoms with Crippen molar-refractivity contribution < 1.29 is 13.3 Å². The Hall–Kier alpha value is -7.04. The van der Waals surface area contributed by atoms with E-state index in [1.54, 1.807) is 0 Å². The molecule has 0 saturated carbocycles. The van der Waals surface area contributed by atoms with Gasteiger partial charge in [-0.2, -0.15) is 0 Å². The molecule has 0 unspecified atom stereocenters. The molecule has 0 bridgehead atoms. The van der Waals surface area contributed by atoms with Gasteiger partial charge in [-0.25, -0.2) is 0 Å². The molecule has 8 aromatic carbocycles. The van der Waals surface area contributed by atoms with Crippen LogP contribution in [0.25, 0.3) is 88.1 Å². The van der Waals surface area contributed by atoms with E-state index in [0.29, 0.717) is 0 Å². The number of nitrogens with zero attached hydrogens (tertiary/aromatic N) is 1. The topological polar surface area (TPSA) is 42.7 Å². The first-order chi connectivity index (χ1) is 25.8. The molecule has 11 rings (SSSR count). The second-order valence-electron chi connectivity index (χ2n) is 13.3. The first-order valence-corrected chi connectivity index (χ1v) is 17.5. The van der Waals surface area contributed by atoms with Crippen LogP contribution in [0.2, 0.25) is 0 Å². The van der Waals surface area contributed by atoms with Crippen molar-refractivity contribution in [2.75, 3.05) is 4.90 Å². The molecule has 0 aliphatic rings. The zero-order valence-corrected chi connectivity index (χ0v) is 27.9. The second-order valence-corrected chi connectivity index (χ2v) is 13.3. The van der Waals surface area contributed by atoms with E-state index in [4.69, 9.17) is 13.3 Å². The first-order valence-electron chi connectivity index (χ1n) is 17.5. The van der Waals surface area contributed by atoms with Gasteiger partial charge in [-0.15, -0.1) is 0 Å². The number of furan rings is 3. The van der Waals surface area contributed by atoms with Gasteiger partial charge in [0.1, 0.15) is 27.9 Å². The third-order valence-electron chi connectivity index (χ3n) is 10.3. The molecule has 0 saturated heterocycles. The Morgan fingerprint density at radius 1 is 0.308 bits per heavy atom. The normalized spacial score (nSPS) is 11.8. The summed E-state index contributed by atoms with van der Waals surface area (Å²) in [5.74, 6) is 0. The number of benzene rings is 8. The maximum atomic E-state index is 6.91. The van der Waals surface area contributed by atoms with Crippen molar-refractivity contribution in [3.63, 3.8) is 0 Å². The molecule has 0 atom stereocenters. The average molecular weight is 668 g/mol. The van der Waals surface area contributed by atoms with E-state index in [0.717, 1.165) is 105 Å². The summed E-state index contributed by atoms with van der Waals surface area (Å²) in [6.07, 6.45) is 0. The van der Waals surface area contributed by atoms with Crippen molar-refractivity contribution in [1.82, 2.24) is 0 Å². The Balaban J connectivity index is 1.09. The molecule has 52 heavy (non-hydrogen) atoms. The minimum Gasteiger partial charge on any atom is -0.456 e. The van der Waals surface area contributed by atoms with Gasteiger partial charge in [0.05, 0.1) is 11.4 Å². The molecular weight excluding hydrogens is 639 g/mol. The van der Waals surface area contributed by atoms with Gasteiger partial charge in [0.2, 0.25) is 0 Å². The Morgan fingerprint density at radius 2 is 0.865 bits per heavy atom. The maximum Gasteiger partial charge on any atom is 0.159 e. The minimum atomic E-state index is 0.824. The molecule has 0 fully saturated rings.